The summed E-state index contributed by atoms with van der Waals surface area (Å²) in [7, 11) is 2.10. The Labute approximate surface area is 149 Å². The number of nitrogens with two attached hydrogens (primary N) is 1. The molecule has 5 heteroatoms. The normalized spacial score (nSPS) is 13.4. The van der Waals surface area contributed by atoms with Gasteiger partial charge in [-0.1, -0.05) is 38.1 Å². The van der Waals surface area contributed by atoms with Gasteiger partial charge in [0.15, 0.2) is 11.6 Å². The van der Waals surface area contributed by atoms with Gasteiger partial charge in [0.1, 0.15) is 0 Å². The summed E-state index contributed by atoms with van der Waals surface area (Å²) in [5.74, 6) is 0.481. The standard InChI is InChI=1S/C15H15NO3.C5H13N/c1-9-11(7-8-16-10(2)17)15(19)13-6-4-3-5-12(13)14(9)18;1-5(2)4-6-3/h3-6H,7-8H2,1-2H3,(H,16,17);5-6H,4H2,1-3H3/p+1. The van der Waals surface area contributed by atoms with Gasteiger partial charge in [0.2, 0.25) is 5.91 Å². The second-order valence-electron chi connectivity index (χ2n) is 6.58. The van der Waals surface area contributed by atoms with Gasteiger partial charge in [0.25, 0.3) is 0 Å². The average molecular weight is 345 g/mol. The zero-order chi connectivity index (χ0) is 19.0. The van der Waals surface area contributed by atoms with E-state index in [1.807, 2.05) is 0 Å². The van der Waals surface area contributed by atoms with E-state index in [0.29, 0.717) is 35.2 Å². The maximum Gasteiger partial charge on any atom is 0.216 e. The fourth-order valence-corrected chi connectivity index (χ4v) is 2.69. The molecule has 1 amide bonds. The van der Waals surface area contributed by atoms with Crippen molar-refractivity contribution in [1.29, 1.82) is 0 Å². The molecule has 0 heterocycles. The summed E-state index contributed by atoms with van der Waals surface area (Å²) in [6, 6.07) is 6.83. The summed E-state index contributed by atoms with van der Waals surface area (Å²) in [5, 5.41) is 4.84. The highest BCUT2D eigenvalue weighted by atomic mass is 16.1. The number of benzene rings is 1. The van der Waals surface area contributed by atoms with Crippen LogP contribution in [0, 0.1) is 5.92 Å². The van der Waals surface area contributed by atoms with E-state index in [1.165, 1.54) is 13.5 Å². The largest absolute Gasteiger partial charge is 0.356 e. The quantitative estimate of drug-likeness (QED) is 0.853. The van der Waals surface area contributed by atoms with Crippen LogP contribution in [0.4, 0.5) is 0 Å². The summed E-state index contributed by atoms with van der Waals surface area (Å²) in [6.45, 7) is 9.15. The van der Waals surface area contributed by atoms with Gasteiger partial charge in [-0.25, -0.2) is 0 Å². The third kappa shape index (κ3) is 5.94. The molecular weight excluding hydrogens is 316 g/mol. The van der Waals surface area contributed by atoms with Crippen LogP contribution in [-0.2, 0) is 4.79 Å². The van der Waals surface area contributed by atoms with Crippen molar-refractivity contribution in [3.05, 3.63) is 46.5 Å². The number of carbonyl (C=O) groups excluding carboxylic acids is 3. The number of allylic oxidation sites excluding steroid dienone is 1. The van der Waals surface area contributed by atoms with Gasteiger partial charge in [-0.05, 0) is 13.3 Å². The highest BCUT2D eigenvalue weighted by Crippen LogP contribution is 2.27. The molecule has 0 saturated carbocycles. The number of fused-ring (bicyclic) bond motifs is 1. The molecular formula is C20H29N2O3+. The Balaban J connectivity index is 0.000000450. The van der Waals surface area contributed by atoms with E-state index in [1.54, 1.807) is 31.2 Å². The van der Waals surface area contributed by atoms with E-state index in [9.17, 15) is 14.4 Å². The second-order valence-corrected chi connectivity index (χ2v) is 6.58. The lowest BCUT2D eigenvalue weighted by Crippen LogP contribution is -2.80. The molecule has 1 aromatic rings. The lowest BCUT2D eigenvalue weighted by Gasteiger charge is -2.18. The van der Waals surface area contributed by atoms with Gasteiger partial charge in [-0.3, -0.25) is 14.4 Å². The smallest absolute Gasteiger partial charge is 0.216 e. The third-order valence-electron chi connectivity index (χ3n) is 3.94. The van der Waals surface area contributed by atoms with Crippen LogP contribution in [0.1, 0.15) is 54.8 Å². The summed E-state index contributed by atoms with van der Waals surface area (Å²) < 4.78 is 0. The number of nitrogens with one attached hydrogen (secondary N) is 1. The van der Waals surface area contributed by atoms with Crippen LogP contribution in [0.15, 0.2) is 35.4 Å². The minimum atomic E-state index is -0.145. The minimum Gasteiger partial charge on any atom is -0.356 e. The van der Waals surface area contributed by atoms with E-state index in [0.717, 1.165) is 5.92 Å². The first-order valence-corrected chi connectivity index (χ1v) is 8.70. The maximum atomic E-state index is 12.3. The van der Waals surface area contributed by atoms with Crippen LogP contribution >= 0.6 is 0 Å². The van der Waals surface area contributed by atoms with Crippen LogP contribution in [0.3, 0.4) is 0 Å². The number of rotatable bonds is 5. The first kappa shape index (κ1) is 20.8. The molecule has 25 heavy (non-hydrogen) atoms. The van der Waals surface area contributed by atoms with Crippen molar-refractivity contribution in [3.8, 4) is 0 Å². The van der Waals surface area contributed by atoms with Crippen molar-refractivity contribution in [2.75, 3.05) is 20.1 Å². The molecule has 0 aromatic heterocycles. The van der Waals surface area contributed by atoms with E-state index in [4.69, 9.17) is 0 Å². The molecule has 0 bridgehead atoms. The summed E-state index contributed by atoms with van der Waals surface area (Å²) in [6.07, 6.45) is 0.379. The maximum absolute atomic E-state index is 12.3. The zero-order valence-electron chi connectivity index (χ0n) is 15.8. The van der Waals surface area contributed by atoms with Crippen molar-refractivity contribution in [1.82, 2.24) is 5.32 Å². The van der Waals surface area contributed by atoms with Crippen molar-refractivity contribution >= 4 is 17.5 Å². The first-order valence-electron chi connectivity index (χ1n) is 8.70. The predicted octanol–water partition coefficient (Wildman–Crippen LogP) is 1.74. The zero-order valence-corrected chi connectivity index (χ0v) is 15.8. The van der Waals surface area contributed by atoms with E-state index < -0.39 is 0 Å². The molecule has 0 saturated heterocycles. The first-order chi connectivity index (χ1) is 11.8. The number of carbonyl (C=O) groups is 3. The number of hydrogen-bond acceptors (Lipinski definition) is 3. The number of Topliss-reactive ketones (excluding diaryl/α,β-unsaturated/α-hetero) is 2. The monoisotopic (exact) mass is 345 g/mol. The number of hydrogen-bond donors (Lipinski definition) is 2. The van der Waals surface area contributed by atoms with Gasteiger partial charge >= 0.3 is 0 Å². The molecule has 1 aliphatic carbocycles. The number of ketones is 2. The lowest BCUT2D eigenvalue weighted by molar-refractivity contribution is -0.632. The molecule has 0 unspecified atom stereocenters. The molecule has 0 atom stereocenters. The van der Waals surface area contributed by atoms with Crippen molar-refractivity contribution < 1.29 is 19.7 Å². The van der Waals surface area contributed by atoms with Gasteiger partial charge in [-0.2, -0.15) is 0 Å². The molecule has 5 nitrogen and oxygen atoms in total. The van der Waals surface area contributed by atoms with Crippen molar-refractivity contribution in [3.63, 3.8) is 0 Å². The lowest BCUT2D eigenvalue weighted by atomic mass is 9.83. The Bertz CT molecular complexity index is 675. The molecule has 3 N–H and O–H groups in total. The van der Waals surface area contributed by atoms with Crippen LogP contribution < -0.4 is 10.6 Å². The third-order valence-corrected chi connectivity index (χ3v) is 3.94. The van der Waals surface area contributed by atoms with E-state index in [-0.39, 0.29) is 17.5 Å². The van der Waals surface area contributed by atoms with Crippen molar-refractivity contribution in [2.24, 2.45) is 5.92 Å². The average Bonchev–Trinajstić information content (AvgIpc) is 2.56. The van der Waals surface area contributed by atoms with Gasteiger partial charge in [0.05, 0.1) is 13.6 Å². The van der Waals surface area contributed by atoms with Crippen molar-refractivity contribution in [2.45, 2.75) is 34.1 Å². The van der Waals surface area contributed by atoms with E-state index in [2.05, 4.69) is 31.5 Å². The highest BCUT2D eigenvalue weighted by molar-refractivity contribution is 6.26. The second kappa shape index (κ2) is 9.89. The number of amides is 1. The Morgan fingerprint density at radius 1 is 1.12 bits per heavy atom. The molecule has 136 valence electrons. The van der Waals surface area contributed by atoms with Crippen LogP contribution in [-0.4, -0.2) is 37.6 Å². The summed E-state index contributed by atoms with van der Waals surface area (Å²) in [4.78, 5) is 35.3. The SMILES string of the molecule is CC(=O)NCCC1=C(C)C(=O)c2ccccc2C1=O.C[NH2+]CC(C)C. The fraction of sp³-hybridized carbons (Fsp3) is 0.450. The van der Waals surface area contributed by atoms with Crippen LogP contribution in [0.25, 0.3) is 0 Å². The highest BCUT2D eigenvalue weighted by Gasteiger charge is 2.28. The van der Waals surface area contributed by atoms with E-state index >= 15 is 0 Å². The number of quaternary nitrogens is 1. The van der Waals surface area contributed by atoms with Gasteiger partial charge < -0.3 is 10.6 Å². The van der Waals surface area contributed by atoms with Gasteiger partial charge in [0, 0.05) is 41.7 Å². The van der Waals surface area contributed by atoms with Crippen LogP contribution in [0.2, 0.25) is 0 Å². The Hall–Kier alpha value is -2.27. The molecule has 1 aliphatic rings. The molecule has 0 aliphatic heterocycles. The minimum absolute atomic E-state index is 0.104. The molecule has 1 aromatic carbocycles. The molecule has 2 rings (SSSR count). The molecule has 0 spiro atoms. The van der Waals surface area contributed by atoms with Gasteiger partial charge in [-0.15, -0.1) is 0 Å². The fourth-order valence-electron chi connectivity index (χ4n) is 2.69. The predicted molar refractivity (Wildman–Crippen MR) is 98.7 cm³/mol. The summed E-state index contributed by atoms with van der Waals surface area (Å²) in [5.41, 5.74) is 1.90. The summed E-state index contributed by atoms with van der Waals surface area (Å²) >= 11 is 0. The Morgan fingerprint density at radius 2 is 1.68 bits per heavy atom. The Morgan fingerprint density at radius 3 is 2.12 bits per heavy atom. The Kier molecular flexibility index (Phi) is 8.22. The molecule has 0 fully saturated rings. The topological polar surface area (TPSA) is 79.8 Å². The van der Waals surface area contributed by atoms with Crippen LogP contribution in [0.5, 0.6) is 0 Å². The molecule has 0 radical (unpaired) electrons.